The number of aromatic nitrogens is 3. The lowest BCUT2D eigenvalue weighted by molar-refractivity contribution is 0.101. The lowest BCUT2D eigenvalue weighted by atomic mass is 10.1. The molecule has 2 aromatic carbocycles. The van der Waals surface area contributed by atoms with Crippen LogP contribution in [-0.2, 0) is 13.2 Å². The van der Waals surface area contributed by atoms with Gasteiger partial charge in [-0.15, -0.1) is 0 Å². The minimum absolute atomic E-state index is 0.180. The van der Waals surface area contributed by atoms with Gasteiger partial charge in [-0.1, -0.05) is 47.1 Å². The number of nitrogens with one attached hydrogen (secondary N) is 1. The van der Waals surface area contributed by atoms with E-state index in [0.717, 1.165) is 22.4 Å². The van der Waals surface area contributed by atoms with Crippen molar-refractivity contribution >= 4 is 23.2 Å². The van der Waals surface area contributed by atoms with Crippen LogP contribution in [0.5, 0.6) is 5.75 Å². The Hall–Kier alpha value is -3.58. The van der Waals surface area contributed by atoms with Gasteiger partial charge in [0.1, 0.15) is 18.1 Å². The summed E-state index contributed by atoms with van der Waals surface area (Å²) in [4.78, 5) is 12.9. The SMILES string of the molecule is Cc1cccc(C)c1OCc1c(C(=O)Nc2cnn(Cc3ccc(Cl)cc3)c2)noc1C. The van der Waals surface area contributed by atoms with Gasteiger partial charge in [-0.25, -0.2) is 0 Å². The summed E-state index contributed by atoms with van der Waals surface area (Å²) >= 11 is 5.93. The summed E-state index contributed by atoms with van der Waals surface area (Å²) in [7, 11) is 0. The van der Waals surface area contributed by atoms with Gasteiger partial charge in [0.2, 0.25) is 0 Å². The van der Waals surface area contributed by atoms with Crippen molar-refractivity contribution in [1.82, 2.24) is 14.9 Å². The molecule has 0 unspecified atom stereocenters. The third-order valence-corrected chi connectivity index (χ3v) is 5.37. The number of aryl methyl sites for hydroxylation is 3. The molecule has 2 aromatic heterocycles. The standard InChI is InChI=1S/C24H23ClN4O3/c1-15-5-4-6-16(2)23(15)31-14-21-17(3)32-28-22(21)24(30)27-20-11-26-29(13-20)12-18-7-9-19(25)10-8-18/h4-11,13H,12,14H2,1-3H3,(H,27,30). The first-order valence-electron chi connectivity index (χ1n) is 10.1. The van der Waals surface area contributed by atoms with Crippen molar-refractivity contribution in [2.45, 2.75) is 33.9 Å². The fourth-order valence-electron chi connectivity index (χ4n) is 3.39. The number of carbonyl (C=O) groups excluding carboxylic acids is 1. The lowest BCUT2D eigenvalue weighted by Gasteiger charge is -2.12. The summed E-state index contributed by atoms with van der Waals surface area (Å²) in [5.74, 6) is 0.954. The number of benzene rings is 2. The molecule has 164 valence electrons. The molecule has 0 saturated heterocycles. The van der Waals surface area contributed by atoms with E-state index in [2.05, 4.69) is 15.6 Å². The maximum Gasteiger partial charge on any atom is 0.278 e. The summed E-state index contributed by atoms with van der Waals surface area (Å²) < 4.78 is 13.0. The molecule has 0 fully saturated rings. The first-order valence-corrected chi connectivity index (χ1v) is 10.5. The molecular weight excluding hydrogens is 428 g/mol. The summed E-state index contributed by atoms with van der Waals surface area (Å²) in [5, 5.41) is 11.8. The largest absolute Gasteiger partial charge is 0.488 e. The predicted octanol–water partition coefficient (Wildman–Crippen LogP) is 5.33. The number of para-hydroxylation sites is 1. The second kappa shape index (κ2) is 9.28. The number of carbonyl (C=O) groups is 1. The maximum absolute atomic E-state index is 12.9. The molecule has 0 spiro atoms. The zero-order chi connectivity index (χ0) is 22.7. The molecule has 0 saturated carbocycles. The van der Waals surface area contributed by atoms with Gasteiger partial charge in [0, 0.05) is 11.2 Å². The fourth-order valence-corrected chi connectivity index (χ4v) is 3.52. The lowest BCUT2D eigenvalue weighted by Crippen LogP contribution is -2.15. The number of hydrogen-bond acceptors (Lipinski definition) is 5. The highest BCUT2D eigenvalue weighted by Crippen LogP contribution is 2.25. The molecule has 32 heavy (non-hydrogen) atoms. The van der Waals surface area contributed by atoms with Crippen LogP contribution in [0.25, 0.3) is 0 Å². The Morgan fingerprint density at radius 2 is 1.84 bits per heavy atom. The summed E-state index contributed by atoms with van der Waals surface area (Å²) in [6, 6.07) is 13.5. The van der Waals surface area contributed by atoms with Gasteiger partial charge in [-0.05, 0) is 49.6 Å². The van der Waals surface area contributed by atoms with Gasteiger partial charge in [0.15, 0.2) is 5.69 Å². The third-order valence-electron chi connectivity index (χ3n) is 5.12. The Bertz CT molecular complexity index is 1220. The number of anilines is 1. The molecule has 7 nitrogen and oxygen atoms in total. The second-order valence-corrected chi connectivity index (χ2v) is 8.02. The van der Waals surface area contributed by atoms with Crippen molar-refractivity contribution in [1.29, 1.82) is 0 Å². The minimum Gasteiger partial charge on any atom is -0.488 e. The van der Waals surface area contributed by atoms with E-state index < -0.39 is 0 Å². The van der Waals surface area contributed by atoms with Crippen LogP contribution < -0.4 is 10.1 Å². The van der Waals surface area contributed by atoms with Gasteiger partial charge < -0.3 is 14.6 Å². The first-order chi connectivity index (χ1) is 15.4. The zero-order valence-electron chi connectivity index (χ0n) is 18.1. The van der Waals surface area contributed by atoms with Crippen molar-refractivity contribution < 1.29 is 14.1 Å². The van der Waals surface area contributed by atoms with Crippen LogP contribution in [0.4, 0.5) is 5.69 Å². The summed E-state index contributed by atoms with van der Waals surface area (Å²) in [6.45, 7) is 6.47. The molecule has 2 heterocycles. The van der Waals surface area contributed by atoms with Crippen LogP contribution in [-0.4, -0.2) is 20.8 Å². The smallest absolute Gasteiger partial charge is 0.278 e. The zero-order valence-corrected chi connectivity index (χ0v) is 18.8. The normalized spacial score (nSPS) is 10.9. The highest BCUT2D eigenvalue weighted by atomic mass is 35.5. The average Bonchev–Trinajstić information content (AvgIpc) is 3.35. The summed E-state index contributed by atoms with van der Waals surface area (Å²) in [6.07, 6.45) is 3.35. The molecule has 0 aliphatic heterocycles. The Kier molecular flexibility index (Phi) is 6.28. The molecule has 0 radical (unpaired) electrons. The summed E-state index contributed by atoms with van der Waals surface area (Å²) in [5.41, 5.74) is 4.47. The highest BCUT2D eigenvalue weighted by Gasteiger charge is 2.21. The van der Waals surface area contributed by atoms with Crippen LogP contribution in [0.15, 0.2) is 59.4 Å². The van der Waals surface area contributed by atoms with Gasteiger partial charge >= 0.3 is 0 Å². The van der Waals surface area contributed by atoms with Gasteiger partial charge in [-0.3, -0.25) is 9.48 Å². The van der Waals surface area contributed by atoms with Crippen LogP contribution >= 0.6 is 11.6 Å². The van der Waals surface area contributed by atoms with E-state index in [4.69, 9.17) is 20.9 Å². The van der Waals surface area contributed by atoms with Crippen LogP contribution in [0.1, 0.15) is 38.5 Å². The third kappa shape index (κ3) is 4.84. The Balaban J connectivity index is 1.44. The van der Waals surface area contributed by atoms with E-state index >= 15 is 0 Å². The number of amides is 1. The van der Waals surface area contributed by atoms with Crippen LogP contribution in [0.2, 0.25) is 5.02 Å². The quantitative estimate of drug-likeness (QED) is 0.411. The van der Waals surface area contributed by atoms with E-state index in [0.29, 0.717) is 28.6 Å². The number of nitrogens with zero attached hydrogens (tertiary/aromatic N) is 3. The maximum atomic E-state index is 12.9. The van der Waals surface area contributed by atoms with Gasteiger partial charge in [0.05, 0.1) is 24.0 Å². The second-order valence-electron chi connectivity index (χ2n) is 7.58. The molecule has 0 atom stereocenters. The van der Waals surface area contributed by atoms with E-state index in [9.17, 15) is 4.79 Å². The Morgan fingerprint density at radius 1 is 1.12 bits per heavy atom. The van der Waals surface area contributed by atoms with Crippen molar-refractivity contribution in [2.24, 2.45) is 0 Å². The number of halogens is 1. The number of ether oxygens (including phenoxy) is 1. The highest BCUT2D eigenvalue weighted by molar-refractivity contribution is 6.30. The van der Waals surface area contributed by atoms with E-state index in [1.807, 2.05) is 56.3 Å². The topological polar surface area (TPSA) is 82.2 Å². The molecule has 0 aliphatic rings. The van der Waals surface area contributed by atoms with Gasteiger partial charge in [-0.2, -0.15) is 5.10 Å². The monoisotopic (exact) mass is 450 g/mol. The fraction of sp³-hybridized carbons (Fsp3) is 0.208. The van der Waals surface area contributed by atoms with Crippen molar-refractivity contribution in [2.75, 3.05) is 5.32 Å². The molecule has 8 heteroatoms. The van der Waals surface area contributed by atoms with Crippen LogP contribution in [0.3, 0.4) is 0 Å². The molecule has 0 bridgehead atoms. The molecule has 1 N–H and O–H groups in total. The van der Waals surface area contributed by atoms with Crippen molar-refractivity contribution in [3.63, 3.8) is 0 Å². The molecule has 4 aromatic rings. The van der Waals surface area contributed by atoms with E-state index in [1.165, 1.54) is 0 Å². The number of hydrogen-bond donors (Lipinski definition) is 1. The van der Waals surface area contributed by atoms with Gasteiger partial charge in [0.25, 0.3) is 5.91 Å². The number of rotatable bonds is 7. The van der Waals surface area contributed by atoms with Crippen molar-refractivity contribution in [3.05, 3.63) is 93.6 Å². The molecule has 0 aliphatic carbocycles. The first kappa shape index (κ1) is 21.6. The van der Waals surface area contributed by atoms with Crippen molar-refractivity contribution in [3.8, 4) is 5.75 Å². The van der Waals surface area contributed by atoms with Crippen LogP contribution in [0, 0.1) is 20.8 Å². The van der Waals surface area contributed by atoms with E-state index in [-0.39, 0.29) is 18.2 Å². The van der Waals surface area contributed by atoms with E-state index in [1.54, 1.807) is 24.0 Å². The molecule has 4 rings (SSSR count). The molecular formula is C24H23ClN4O3. The predicted molar refractivity (Wildman–Crippen MR) is 122 cm³/mol. The minimum atomic E-state index is -0.381. The Morgan fingerprint density at radius 3 is 2.56 bits per heavy atom. The Labute approximate surface area is 190 Å². The average molecular weight is 451 g/mol. The molecule has 1 amide bonds.